The zero-order chi connectivity index (χ0) is 10.4. The molecule has 1 atom stereocenters. The van der Waals surface area contributed by atoms with Crippen molar-refractivity contribution in [2.45, 2.75) is 25.9 Å². The Labute approximate surface area is 75.3 Å². The molecule has 0 amide bonds. The van der Waals surface area contributed by atoms with Gasteiger partial charge >= 0.3 is 11.9 Å². The van der Waals surface area contributed by atoms with E-state index in [0.717, 1.165) is 0 Å². The summed E-state index contributed by atoms with van der Waals surface area (Å²) in [5.41, 5.74) is -0.201. The zero-order valence-electron chi connectivity index (χ0n) is 7.23. The topological polar surface area (TPSA) is 94.8 Å². The number of aliphatic hydroxyl groups is 1. The maximum Gasteiger partial charge on any atom is 0.331 e. The maximum atomic E-state index is 10.4. The van der Waals surface area contributed by atoms with E-state index in [0.29, 0.717) is 6.08 Å². The summed E-state index contributed by atoms with van der Waals surface area (Å²) in [6.07, 6.45) is 0.312. The zero-order valence-corrected chi connectivity index (χ0v) is 7.23. The largest absolute Gasteiger partial charge is 0.478 e. The molecule has 0 rings (SSSR count). The summed E-state index contributed by atoms with van der Waals surface area (Å²) in [4.78, 5) is 20.6. The van der Waals surface area contributed by atoms with Crippen LogP contribution >= 0.6 is 0 Å². The van der Waals surface area contributed by atoms with E-state index in [4.69, 9.17) is 15.3 Å². The van der Waals surface area contributed by atoms with E-state index in [1.807, 2.05) is 0 Å². The van der Waals surface area contributed by atoms with Crippen LogP contribution < -0.4 is 0 Å². The molecule has 0 aliphatic heterocycles. The average Bonchev–Trinajstić information content (AvgIpc) is 1.96. The van der Waals surface area contributed by atoms with Crippen molar-refractivity contribution in [3.8, 4) is 0 Å². The second-order valence-electron chi connectivity index (χ2n) is 2.70. The minimum atomic E-state index is -1.29. The molecule has 0 saturated carbocycles. The maximum absolute atomic E-state index is 10.4. The number of carboxylic acid groups (broad SMARTS) is 2. The third kappa shape index (κ3) is 5.86. The number of hydrogen-bond donors (Lipinski definition) is 3. The minimum absolute atomic E-state index is 0.0549. The molecular formula is C8H12O5. The summed E-state index contributed by atoms with van der Waals surface area (Å²) in [5, 5.41) is 25.7. The van der Waals surface area contributed by atoms with Crippen molar-refractivity contribution >= 4 is 11.9 Å². The van der Waals surface area contributed by atoms with Gasteiger partial charge < -0.3 is 15.3 Å². The lowest BCUT2D eigenvalue weighted by Gasteiger charge is -2.03. The van der Waals surface area contributed by atoms with E-state index < -0.39 is 18.0 Å². The molecule has 3 N–H and O–H groups in total. The lowest BCUT2D eigenvalue weighted by Crippen LogP contribution is -2.07. The smallest absolute Gasteiger partial charge is 0.331 e. The fourth-order valence-corrected chi connectivity index (χ4v) is 0.754. The second kappa shape index (κ2) is 5.31. The quantitative estimate of drug-likeness (QED) is 0.537. The number of rotatable bonds is 5. The van der Waals surface area contributed by atoms with Crippen LogP contribution in [0.1, 0.15) is 19.8 Å². The van der Waals surface area contributed by atoms with Crippen molar-refractivity contribution in [2.24, 2.45) is 0 Å². The number of aliphatic hydroxyl groups excluding tert-OH is 1. The molecule has 13 heavy (non-hydrogen) atoms. The van der Waals surface area contributed by atoms with Gasteiger partial charge in [-0.1, -0.05) is 0 Å². The SMILES string of the molecule is CC(O)CCC(=CC(=O)O)C(=O)O. The number of hydrogen-bond acceptors (Lipinski definition) is 3. The number of aliphatic carboxylic acids is 2. The van der Waals surface area contributed by atoms with Gasteiger partial charge in [0.25, 0.3) is 0 Å². The summed E-state index contributed by atoms with van der Waals surface area (Å²) in [6, 6.07) is 0. The van der Waals surface area contributed by atoms with Crippen LogP contribution in [0, 0.1) is 0 Å². The molecule has 5 nitrogen and oxygen atoms in total. The molecule has 0 bridgehead atoms. The van der Waals surface area contributed by atoms with Gasteiger partial charge in [-0.25, -0.2) is 9.59 Å². The molecule has 74 valence electrons. The molecule has 0 aromatic rings. The molecule has 0 fully saturated rings. The lowest BCUT2D eigenvalue weighted by molar-refractivity contribution is -0.135. The van der Waals surface area contributed by atoms with Crippen molar-refractivity contribution in [1.82, 2.24) is 0 Å². The van der Waals surface area contributed by atoms with Crippen LogP contribution in [0.5, 0.6) is 0 Å². The van der Waals surface area contributed by atoms with E-state index in [-0.39, 0.29) is 18.4 Å². The molecule has 0 aliphatic rings. The summed E-state index contributed by atoms with van der Waals surface area (Å²) in [5.74, 6) is -2.55. The first kappa shape index (κ1) is 11.6. The summed E-state index contributed by atoms with van der Waals surface area (Å²) in [6.45, 7) is 1.51. The van der Waals surface area contributed by atoms with E-state index >= 15 is 0 Å². The van der Waals surface area contributed by atoms with Gasteiger partial charge in [0.05, 0.1) is 6.10 Å². The first-order chi connectivity index (χ1) is 5.93. The molecule has 0 heterocycles. The molecule has 5 heteroatoms. The molecule has 1 unspecified atom stereocenters. The Balaban J connectivity index is 4.28. The van der Waals surface area contributed by atoms with Crippen LogP contribution in [0.4, 0.5) is 0 Å². The first-order valence-electron chi connectivity index (χ1n) is 3.78. The van der Waals surface area contributed by atoms with Crippen LogP contribution in [-0.2, 0) is 9.59 Å². The van der Waals surface area contributed by atoms with Gasteiger partial charge in [0.1, 0.15) is 0 Å². The average molecular weight is 188 g/mol. The van der Waals surface area contributed by atoms with E-state index in [1.165, 1.54) is 6.92 Å². The van der Waals surface area contributed by atoms with Gasteiger partial charge in [0.15, 0.2) is 0 Å². The molecular weight excluding hydrogens is 176 g/mol. The highest BCUT2D eigenvalue weighted by molar-refractivity contribution is 5.94. The van der Waals surface area contributed by atoms with Gasteiger partial charge in [-0.15, -0.1) is 0 Å². The summed E-state index contributed by atoms with van der Waals surface area (Å²) in [7, 11) is 0. The number of carboxylic acids is 2. The third-order valence-corrected chi connectivity index (χ3v) is 1.40. The normalized spacial score (nSPS) is 13.8. The van der Waals surface area contributed by atoms with Crippen LogP contribution in [0.25, 0.3) is 0 Å². The van der Waals surface area contributed by atoms with Gasteiger partial charge in [-0.05, 0) is 19.8 Å². The highest BCUT2D eigenvalue weighted by Crippen LogP contribution is 2.07. The Morgan fingerprint density at radius 1 is 1.38 bits per heavy atom. The van der Waals surface area contributed by atoms with Gasteiger partial charge in [0.2, 0.25) is 0 Å². The lowest BCUT2D eigenvalue weighted by atomic mass is 10.1. The summed E-state index contributed by atoms with van der Waals surface area (Å²) >= 11 is 0. The van der Waals surface area contributed by atoms with E-state index in [1.54, 1.807) is 0 Å². The van der Waals surface area contributed by atoms with Crippen LogP contribution in [0.3, 0.4) is 0 Å². The minimum Gasteiger partial charge on any atom is -0.478 e. The van der Waals surface area contributed by atoms with Crippen molar-refractivity contribution < 1.29 is 24.9 Å². The Hall–Kier alpha value is -1.36. The van der Waals surface area contributed by atoms with Crippen molar-refractivity contribution in [3.05, 3.63) is 11.6 Å². The Morgan fingerprint density at radius 2 is 1.92 bits per heavy atom. The Kier molecular flexibility index (Phi) is 4.76. The highest BCUT2D eigenvalue weighted by Gasteiger charge is 2.10. The van der Waals surface area contributed by atoms with Crippen molar-refractivity contribution in [1.29, 1.82) is 0 Å². The van der Waals surface area contributed by atoms with Gasteiger partial charge in [0, 0.05) is 11.6 Å². The Morgan fingerprint density at radius 3 is 2.23 bits per heavy atom. The third-order valence-electron chi connectivity index (χ3n) is 1.40. The first-order valence-corrected chi connectivity index (χ1v) is 3.78. The van der Waals surface area contributed by atoms with E-state index in [9.17, 15) is 9.59 Å². The van der Waals surface area contributed by atoms with Crippen LogP contribution in [0.2, 0.25) is 0 Å². The van der Waals surface area contributed by atoms with Gasteiger partial charge in [-0.2, -0.15) is 0 Å². The van der Waals surface area contributed by atoms with Crippen molar-refractivity contribution in [2.75, 3.05) is 0 Å². The fraction of sp³-hybridized carbons (Fsp3) is 0.500. The highest BCUT2D eigenvalue weighted by atomic mass is 16.4. The van der Waals surface area contributed by atoms with Gasteiger partial charge in [-0.3, -0.25) is 0 Å². The molecule has 0 aromatic heterocycles. The fourth-order valence-electron chi connectivity index (χ4n) is 0.754. The molecule has 0 aromatic carbocycles. The molecule has 0 spiro atoms. The Bertz CT molecular complexity index is 229. The predicted molar refractivity (Wildman–Crippen MR) is 44.3 cm³/mol. The molecule has 0 aliphatic carbocycles. The van der Waals surface area contributed by atoms with Crippen LogP contribution in [-0.4, -0.2) is 33.4 Å². The van der Waals surface area contributed by atoms with E-state index in [2.05, 4.69) is 0 Å². The standard InChI is InChI=1S/C8H12O5/c1-5(9)2-3-6(8(12)13)4-7(10)11/h4-5,9H,2-3H2,1H3,(H,10,11)(H,12,13). The second-order valence-corrected chi connectivity index (χ2v) is 2.70. The summed E-state index contributed by atoms with van der Waals surface area (Å²) < 4.78 is 0. The van der Waals surface area contributed by atoms with Crippen LogP contribution in [0.15, 0.2) is 11.6 Å². The number of carbonyl (C=O) groups is 2. The van der Waals surface area contributed by atoms with Crippen molar-refractivity contribution in [3.63, 3.8) is 0 Å². The molecule has 0 radical (unpaired) electrons. The molecule has 0 saturated heterocycles. The monoisotopic (exact) mass is 188 g/mol. The predicted octanol–water partition coefficient (Wildman–Crippen LogP) is 0.243.